The van der Waals surface area contributed by atoms with Gasteiger partial charge in [0.25, 0.3) is 0 Å². The van der Waals surface area contributed by atoms with E-state index in [4.69, 9.17) is 21.4 Å². The van der Waals surface area contributed by atoms with Gasteiger partial charge in [-0.25, -0.2) is 4.68 Å². The lowest BCUT2D eigenvalue weighted by Crippen LogP contribution is -2.22. The van der Waals surface area contributed by atoms with Crippen LogP contribution in [0, 0.1) is 0 Å². The van der Waals surface area contributed by atoms with Gasteiger partial charge in [-0.2, -0.15) is 5.10 Å². The Balaban J connectivity index is 1.82. The van der Waals surface area contributed by atoms with E-state index < -0.39 is 8.07 Å². The molecule has 136 valence electrons. The number of nitrogens with zero attached hydrogens (tertiary/aromatic N) is 2. The molecule has 1 heterocycles. The van der Waals surface area contributed by atoms with Gasteiger partial charge < -0.3 is 4.74 Å². The van der Waals surface area contributed by atoms with Crippen molar-refractivity contribution in [3.8, 4) is 0 Å². The van der Waals surface area contributed by atoms with Crippen molar-refractivity contribution in [3.63, 3.8) is 0 Å². The second-order valence-electron chi connectivity index (χ2n) is 7.64. The zero-order valence-corrected chi connectivity index (χ0v) is 17.3. The zero-order valence-electron chi connectivity index (χ0n) is 15.6. The molecule has 0 saturated heterocycles. The highest BCUT2D eigenvalue weighted by molar-refractivity contribution is 6.76. The molecular formula is C21H25ClN2OSi. The maximum atomic E-state index is 6.21. The van der Waals surface area contributed by atoms with Crippen molar-refractivity contribution in [1.29, 1.82) is 0 Å². The first kappa shape index (κ1) is 18.9. The molecule has 0 spiro atoms. The van der Waals surface area contributed by atoms with Gasteiger partial charge in [0.2, 0.25) is 0 Å². The number of benzene rings is 2. The molecule has 0 fully saturated rings. The third kappa shape index (κ3) is 5.07. The quantitative estimate of drug-likeness (QED) is 0.359. The smallest absolute Gasteiger partial charge is 0.140 e. The van der Waals surface area contributed by atoms with E-state index in [0.717, 1.165) is 34.8 Å². The summed E-state index contributed by atoms with van der Waals surface area (Å²) in [6, 6.07) is 17.2. The minimum absolute atomic E-state index is 0.460. The van der Waals surface area contributed by atoms with E-state index in [0.29, 0.717) is 11.8 Å². The van der Waals surface area contributed by atoms with Crippen molar-refractivity contribution in [2.75, 3.05) is 6.61 Å². The molecule has 0 aliphatic rings. The van der Waals surface area contributed by atoms with E-state index in [1.807, 2.05) is 47.2 Å². The largest absolute Gasteiger partial charge is 0.360 e. The molecule has 1 aromatic heterocycles. The number of rotatable bonds is 7. The Labute approximate surface area is 161 Å². The van der Waals surface area contributed by atoms with Crippen LogP contribution in [0.1, 0.15) is 11.3 Å². The van der Waals surface area contributed by atoms with E-state index in [9.17, 15) is 0 Å². The fourth-order valence-electron chi connectivity index (χ4n) is 2.67. The standard InChI is InChI=1S/C21H25ClN2OSi/c1-26(2,3)14-13-25-16-24-21-12-10-18(22)15-19(21)20(23-24)11-9-17-7-5-4-6-8-17/h4-12,15H,13-14,16H2,1-3H3/b11-9+. The number of hydrogen-bond donors (Lipinski definition) is 0. The zero-order chi connectivity index (χ0) is 18.6. The van der Waals surface area contributed by atoms with Crippen molar-refractivity contribution in [2.24, 2.45) is 0 Å². The van der Waals surface area contributed by atoms with Crippen LogP contribution >= 0.6 is 11.6 Å². The molecule has 3 aromatic rings. The second-order valence-corrected chi connectivity index (χ2v) is 13.7. The van der Waals surface area contributed by atoms with Crippen molar-refractivity contribution >= 4 is 42.7 Å². The Morgan fingerprint density at radius 1 is 1.08 bits per heavy atom. The highest BCUT2D eigenvalue weighted by Gasteiger charge is 2.13. The summed E-state index contributed by atoms with van der Waals surface area (Å²) in [4.78, 5) is 0. The molecule has 0 N–H and O–H groups in total. The summed E-state index contributed by atoms with van der Waals surface area (Å²) in [7, 11) is -1.08. The Kier molecular flexibility index (Phi) is 5.96. The number of fused-ring (bicyclic) bond motifs is 1. The first-order chi connectivity index (χ1) is 12.4. The minimum atomic E-state index is -1.08. The Morgan fingerprint density at radius 2 is 1.85 bits per heavy atom. The predicted octanol–water partition coefficient (Wildman–Crippen LogP) is 6.17. The molecule has 0 aliphatic heterocycles. The summed E-state index contributed by atoms with van der Waals surface area (Å²) in [6.07, 6.45) is 4.10. The third-order valence-corrected chi connectivity index (χ3v) is 6.12. The average Bonchev–Trinajstić information content (AvgIpc) is 2.94. The summed E-state index contributed by atoms with van der Waals surface area (Å²) < 4.78 is 7.81. The lowest BCUT2D eigenvalue weighted by Gasteiger charge is -2.15. The van der Waals surface area contributed by atoms with E-state index in [-0.39, 0.29) is 0 Å². The Morgan fingerprint density at radius 3 is 2.58 bits per heavy atom. The molecule has 0 unspecified atom stereocenters. The van der Waals surface area contributed by atoms with Gasteiger partial charge in [0.15, 0.2) is 0 Å². The van der Waals surface area contributed by atoms with Crippen molar-refractivity contribution in [1.82, 2.24) is 9.78 Å². The molecule has 3 rings (SSSR count). The summed E-state index contributed by atoms with van der Waals surface area (Å²) in [5.74, 6) is 0. The maximum Gasteiger partial charge on any atom is 0.140 e. The van der Waals surface area contributed by atoms with Gasteiger partial charge in [-0.05, 0) is 35.9 Å². The SMILES string of the molecule is C[Si](C)(C)CCOCn1nc(/C=C/c2ccccc2)c2cc(Cl)ccc21. The van der Waals surface area contributed by atoms with Crippen molar-refractivity contribution < 1.29 is 4.74 Å². The predicted molar refractivity (Wildman–Crippen MR) is 114 cm³/mol. The van der Waals surface area contributed by atoms with Gasteiger partial charge in [-0.3, -0.25) is 0 Å². The van der Waals surface area contributed by atoms with Crippen LogP contribution in [0.3, 0.4) is 0 Å². The van der Waals surface area contributed by atoms with Crippen molar-refractivity contribution in [2.45, 2.75) is 32.4 Å². The fraction of sp³-hybridized carbons (Fsp3) is 0.286. The van der Waals surface area contributed by atoms with Gasteiger partial charge in [0, 0.05) is 25.1 Å². The summed E-state index contributed by atoms with van der Waals surface area (Å²) in [5.41, 5.74) is 3.08. The molecule has 26 heavy (non-hydrogen) atoms. The molecule has 0 aliphatic carbocycles. The first-order valence-electron chi connectivity index (χ1n) is 8.89. The third-order valence-electron chi connectivity index (χ3n) is 4.18. The molecule has 0 bridgehead atoms. The lowest BCUT2D eigenvalue weighted by atomic mass is 10.1. The van der Waals surface area contributed by atoms with Crippen LogP contribution in [0.15, 0.2) is 48.5 Å². The number of halogens is 1. The van der Waals surface area contributed by atoms with Crippen LogP contribution in [0.4, 0.5) is 0 Å². The van der Waals surface area contributed by atoms with E-state index >= 15 is 0 Å². The molecule has 0 radical (unpaired) electrons. The average molecular weight is 385 g/mol. The number of aromatic nitrogens is 2. The van der Waals surface area contributed by atoms with Gasteiger partial charge in [-0.15, -0.1) is 0 Å². The number of ether oxygens (including phenoxy) is 1. The van der Waals surface area contributed by atoms with Gasteiger partial charge in [-0.1, -0.05) is 67.6 Å². The van der Waals surface area contributed by atoms with Crippen LogP contribution in [-0.4, -0.2) is 24.5 Å². The van der Waals surface area contributed by atoms with Crippen LogP contribution in [0.25, 0.3) is 23.1 Å². The molecule has 0 atom stereocenters. The Hall–Kier alpha value is -1.88. The summed E-state index contributed by atoms with van der Waals surface area (Å²) >= 11 is 6.21. The van der Waals surface area contributed by atoms with Crippen molar-refractivity contribution in [3.05, 3.63) is 64.8 Å². The fourth-order valence-corrected chi connectivity index (χ4v) is 3.60. The highest BCUT2D eigenvalue weighted by Crippen LogP contribution is 2.24. The monoisotopic (exact) mass is 384 g/mol. The normalized spacial score (nSPS) is 12.3. The molecule has 0 saturated carbocycles. The van der Waals surface area contributed by atoms with Gasteiger partial charge in [0.05, 0.1) is 11.2 Å². The van der Waals surface area contributed by atoms with E-state index in [2.05, 4.69) is 37.8 Å². The van der Waals surface area contributed by atoms with Crippen LogP contribution < -0.4 is 0 Å². The molecule has 2 aromatic carbocycles. The maximum absolute atomic E-state index is 6.21. The molecule has 3 nitrogen and oxygen atoms in total. The molecular weight excluding hydrogens is 360 g/mol. The second kappa shape index (κ2) is 8.21. The van der Waals surface area contributed by atoms with E-state index in [1.54, 1.807) is 0 Å². The summed E-state index contributed by atoms with van der Waals surface area (Å²) in [5, 5.41) is 6.49. The van der Waals surface area contributed by atoms with Gasteiger partial charge in [0.1, 0.15) is 6.73 Å². The first-order valence-corrected chi connectivity index (χ1v) is 13.0. The van der Waals surface area contributed by atoms with Crippen LogP contribution in [-0.2, 0) is 11.5 Å². The van der Waals surface area contributed by atoms with Gasteiger partial charge >= 0.3 is 0 Å². The lowest BCUT2D eigenvalue weighted by molar-refractivity contribution is 0.0816. The highest BCUT2D eigenvalue weighted by atomic mass is 35.5. The number of hydrogen-bond acceptors (Lipinski definition) is 2. The molecule has 5 heteroatoms. The molecule has 0 amide bonds. The summed E-state index contributed by atoms with van der Waals surface area (Å²) in [6.45, 7) is 8.30. The Bertz CT molecular complexity index is 898. The van der Waals surface area contributed by atoms with Crippen LogP contribution in [0.5, 0.6) is 0 Å². The minimum Gasteiger partial charge on any atom is -0.360 e. The topological polar surface area (TPSA) is 27.1 Å². The van der Waals surface area contributed by atoms with Crippen LogP contribution in [0.2, 0.25) is 30.7 Å². The van der Waals surface area contributed by atoms with E-state index in [1.165, 1.54) is 0 Å².